The summed E-state index contributed by atoms with van der Waals surface area (Å²) < 4.78 is 7.10. The van der Waals surface area contributed by atoms with Crippen LogP contribution in [0, 0.1) is 6.92 Å². The highest BCUT2D eigenvalue weighted by molar-refractivity contribution is 5.97. The van der Waals surface area contributed by atoms with Crippen molar-refractivity contribution in [2.75, 3.05) is 33.3 Å². The molecule has 8 nitrogen and oxygen atoms in total. The molecule has 0 spiro atoms. The van der Waals surface area contributed by atoms with Gasteiger partial charge in [-0.25, -0.2) is 9.67 Å². The molecule has 0 saturated carbocycles. The fourth-order valence-corrected chi connectivity index (χ4v) is 4.33. The van der Waals surface area contributed by atoms with Gasteiger partial charge in [0.1, 0.15) is 11.6 Å². The Morgan fingerprint density at radius 3 is 2.26 bits per heavy atom. The lowest BCUT2D eigenvalue weighted by Gasteiger charge is -2.22. The molecule has 0 aliphatic carbocycles. The van der Waals surface area contributed by atoms with Crippen molar-refractivity contribution in [1.29, 1.82) is 0 Å². The van der Waals surface area contributed by atoms with Crippen molar-refractivity contribution in [2.24, 2.45) is 0 Å². The first-order valence-electron chi connectivity index (χ1n) is 11.6. The van der Waals surface area contributed by atoms with Gasteiger partial charge in [-0.3, -0.25) is 9.59 Å². The summed E-state index contributed by atoms with van der Waals surface area (Å²) in [7, 11) is 1.56. The van der Waals surface area contributed by atoms with Crippen molar-refractivity contribution in [3.05, 3.63) is 71.3 Å². The monoisotopic (exact) mass is 461 g/mol. The fraction of sp³-hybridized carbons (Fsp3) is 0.385. The molecule has 3 aromatic rings. The smallest absolute Gasteiger partial charge is 0.293 e. The summed E-state index contributed by atoms with van der Waals surface area (Å²) in [5.74, 6) is 1.42. The maximum Gasteiger partial charge on any atom is 0.293 e. The van der Waals surface area contributed by atoms with Gasteiger partial charge in [-0.05, 0) is 43.0 Å². The second-order valence-corrected chi connectivity index (χ2v) is 8.75. The van der Waals surface area contributed by atoms with Gasteiger partial charge in [-0.1, -0.05) is 44.2 Å². The maximum atomic E-state index is 13.3. The van der Waals surface area contributed by atoms with Crippen LogP contribution < -0.4 is 4.74 Å². The zero-order valence-corrected chi connectivity index (χ0v) is 20.2. The van der Waals surface area contributed by atoms with Crippen LogP contribution in [-0.4, -0.2) is 69.7 Å². The van der Waals surface area contributed by atoms with Crippen molar-refractivity contribution >= 4 is 11.8 Å². The highest BCUT2D eigenvalue weighted by Crippen LogP contribution is 2.24. The maximum absolute atomic E-state index is 13.3. The van der Waals surface area contributed by atoms with E-state index in [1.807, 2.05) is 37.3 Å². The number of carbonyl (C=O) groups excluding carboxylic acids is 2. The molecule has 0 radical (unpaired) electrons. The summed E-state index contributed by atoms with van der Waals surface area (Å²) in [5, 5.41) is 4.57. The Morgan fingerprint density at radius 1 is 0.912 bits per heavy atom. The topological polar surface area (TPSA) is 80.6 Å². The molecule has 178 valence electrons. The molecule has 34 heavy (non-hydrogen) atoms. The molecule has 1 saturated heterocycles. The third-order valence-corrected chi connectivity index (χ3v) is 6.15. The van der Waals surface area contributed by atoms with Crippen LogP contribution in [0.5, 0.6) is 5.75 Å². The summed E-state index contributed by atoms with van der Waals surface area (Å²) in [6, 6.07) is 15.3. The van der Waals surface area contributed by atoms with Crippen molar-refractivity contribution in [2.45, 2.75) is 33.1 Å². The molecule has 1 fully saturated rings. The van der Waals surface area contributed by atoms with Gasteiger partial charge in [0.15, 0.2) is 0 Å². The van der Waals surface area contributed by atoms with Gasteiger partial charge in [-0.2, -0.15) is 0 Å². The lowest BCUT2D eigenvalue weighted by atomic mass is 10.0. The third kappa shape index (κ3) is 4.66. The van der Waals surface area contributed by atoms with Crippen LogP contribution in [0.25, 0.3) is 5.69 Å². The zero-order chi connectivity index (χ0) is 24.2. The Kier molecular flexibility index (Phi) is 6.95. The van der Waals surface area contributed by atoms with E-state index in [0.717, 1.165) is 11.3 Å². The average molecular weight is 462 g/mol. The van der Waals surface area contributed by atoms with Crippen molar-refractivity contribution in [1.82, 2.24) is 24.6 Å². The number of carbonyl (C=O) groups is 2. The number of hydrogen-bond donors (Lipinski definition) is 0. The zero-order valence-electron chi connectivity index (χ0n) is 20.2. The van der Waals surface area contributed by atoms with E-state index in [0.29, 0.717) is 55.7 Å². The summed E-state index contributed by atoms with van der Waals surface area (Å²) in [4.78, 5) is 34.4. The minimum Gasteiger partial charge on any atom is -0.496 e. The average Bonchev–Trinajstić information content (AvgIpc) is 3.07. The van der Waals surface area contributed by atoms with Gasteiger partial charge in [0.2, 0.25) is 5.82 Å². The minimum atomic E-state index is -0.213. The van der Waals surface area contributed by atoms with E-state index in [4.69, 9.17) is 4.74 Å². The molecule has 2 amide bonds. The van der Waals surface area contributed by atoms with Gasteiger partial charge in [0.05, 0.1) is 18.4 Å². The number of ether oxygens (including phenoxy) is 1. The number of aryl methyl sites for hydroxylation is 1. The molecule has 0 unspecified atom stereocenters. The summed E-state index contributed by atoms with van der Waals surface area (Å²) in [6.07, 6.45) is 0.683. The molecule has 1 aliphatic heterocycles. The van der Waals surface area contributed by atoms with E-state index in [1.165, 1.54) is 0 Å². The Morgan fingerprint density at radius 2 is 1.56 bits per heavy atom. The number of nitrogens with zero attached hydrogens (tertiary/aromatic N) is 5. The van der Waals surface area contributed by atoms with E-state index in [1.54, 1.807) is 33.7 Å². The van der Waals surface area contributed by atoms with E-state index in [2.05, 4.69) is 30.0 Å². The van der Waals surface area contributed by atoms with E-state index in [9.17, 15) is 9.59 Å². The SMILES string of the molecule is COc1ccccc1C(=O)N1CCCN(C(=O)c2nc(C)n(-c3ccccc3C(C)C)n2)CC1. The molecule has 1 aliphatic rings. The second kappa shape index (κ2) is 10.1. The molecular weight excluding hydrogens is 430 g/mol. The lowest BCUT2D eigenvalue weighted by molar-refractivity contribution is 0.0710. The van der Waals surface area contributed by atoms with E-state index >= 15 is 0 Å². The Balaban J connectivity index is 1.50. The van der Waals surface area contributed by atoms with Crippen molar-refractivity contribution in [3.63, 3.8) is 0 Å². The highest BCUT2D eigenvalue weighted by Gasteiger charge is 2.27. The summed E-state index contributed by atoms with van der Waals surface area (Å²) in [6.45, 7) is 8.11. The Labute approximate surface area is 200 Å². The molecule has 0 bridgehead atoms. The Bertz CT molecular complexity index is 1190. The van der Waals surface area contributed by atoms with Crippen LogP contribution in [0.3, 0.4) is 0 Å². The summed E-state index contributed by atoms with van der Waals surface area (Å²) in [5.41, 5.74) is 2.62. The second-order valence-electron chi connectivity index (χ2n) is 8.75. The van der Waals surface area contributed by atoms with Crippen LogP contribution in [0.15, 0.2) is 48.5 Å². The molecule has 2 aromatic carbocycles. The van der Waals surface area contributed by atoms with Crippen LogP contribution in [-0.2, 0) is 0 Å². The lowest BCUT2D eigenvalue weighted by Crippen LogP contribution is -2.37. The molecule has 4 rings (SSSR count). The molecular formula is C26H31N5O3. The largest absolute Gasteiger partial charge is 0.496 e. The quantitative estimate of drug-likeness (QED) is 0.579. The Hall–Kier alpha value is -3.68. The first-order chi connectivity index (χ1) is 16.4. The van der Waals surface area contributed by atoms with Crippen molar-refractivity contribution < 1.29 is 14.3 Å². The molecule has 1 aromatic heterocycles. The normalized spacial score (nSPS) is 14.3. The predicted molar refractivity (Wildman–Crippen MR) is 130 cm³/mol. The number of para-hydroxylation sites is 2. The van der Waals surface area contributed by atoms with Gasteiger partial charge < -0.3 is 14.5 Å². The highest BCUT2D eigenvalue weighted by atomic mass is 16.5. The van der Waals surface area contributed by atoms with Crippen molar-refractivity contribution in [3.8, 4) is 11.4 Å². The fourth-order valence-electron chi connectivity index (χ4n) is 4.33. The molecule has 0 N–H and O–H groups in total. The molecule has 2 heterocycles. The van der Waals surface area contributed by atoms with Gasteiger partial charge in [0.25, 0.3) is 11.8 Å². The first-order valence-corrected chi connectivity index (χ1v) is 11.6. The van der Waals surface area contributed by atoms with Gasteiger partial charge in [-0.15, -0.1) is 5.10 Å². The molecule has 8 heteroatoms. The first kappa shape index (κ1) is 23.5. The van der Waals surface area contributed by atoms with E-state index in [-0.39, 0.29) is 17.6 Å². The standard InChI is InChI=1S/C26H31N5O3/c1-18(2)20-10-5-7-12-22(20)31-19(3)27-24(28-31)26(33)30-15-9-14-29(16-17-30)25(32)21-11-6-8-13-23(21)34-4/h5-8,10-13,18H,9,14-17H2,1-4H3. The van der Waals surface area contributed by atoms with E-state index < -0.39 is 0 Å². The number of rotatable bonds is 5. The number of methoxy groups -OCH3 is 1. The minimum absolute atomic E-state index is 0.0877. The third-order valence-electron chi connectivity index (χ3n) is 6.15. The van der Waals surface area contributed by atoms with Gasteiger partial charge >= 0.3 is 0 Å². The number of benzene rings is 2. The van der Waals surface area contributed by atoms with Crippen LogP contribution in [0.4, 0.5) is 0 Å². The van der Waals surface area contributed by atoms with Crippen LogP contribution in [0.2, 0.25) is 0 Å². The number of aromatic nitrogens is 3. The summed E-state index contributed by atoms with van der Waals surface area (Å²) >= 11 is 0. The van der Waals surface area contributed by atoms with Crippen LogP contribution in [0.1, 0.15) is 58.6 Å². The molecule has 0 atom stereocenters. The van der Waals surface area contributed by atoms with Crippen LogP contribution >= 0.6 is 0 Å². The number of amides is 2. The van der Waals surface area contributed by atoms with Gasteiger partial charge in [0, 0.05) is 26.2 Å². The predicted octanol–water partition coefficient (Wildman–Crippen LogP) is 3.70. The number of hydrogen-bond acceptors (Lipinski definition) is 5.